The average Bonchev–Trinajstić information content (AvgIpc) is 2.19. The predicted molar refractivity (Wildman–Crippen MR) is 66.5 cm³/mol. The van der Waals surface area contributed by atoms with Crippen molar-refractivity contribution in [3.8, 4) is 5.88 Å². The number of nitrogens with zero attached hydrogens (tertiary/aromatic N) is 1. The zero-order valence-corrected chi connectivity index (χ0v) is 10.7. The van der Waals surface area contributed by atoms with Crippen molar-refractivity contribution >= 4 is 0 Å². The number of hydrogen-bond donors (Lipinski definition) is 1. The van der Waals surface area contributed by atoms with Gasteiger partial charge in [0.2, 0.25) is 5.88 Å². The Morgan fingerprint density at radius 3 is 2.50 bits per heavy atom. The molecule has 0 amide bonds. The molecule has 3 nitrogen and oxygen atoms in total. The third kappa shape index (κ3) is 5.12. The molecule has 0 aliphatic rings. The number of hydrogen-bond acceptors (Lipinski definition) is 3. The first-order valence-corrected chi connectivity index (χ1v) is 5.90. The van der Waals surface area contributed by atoms with Crippen molar-refractivity contribution in [3.63, 3.8) is 0 Å². The molecule has 3 heteroatoms. The summed E-state index contributed by atoms with van der Waals surface area (Å²) in [7, 11) is 0. The fourth-order valence-corrected chi connectivity index (χ4v) is 1.33. The van der Waals surface area contributed by atoms with Crippen LogP contribution in [0.4, 0.5) is 0 Å². The first kappa shape index (κ1) is 13.0. The summed E-state index contributed by atoms with van der Waals surface area (Å²) in [4.78, 5) is 4.25. The second kappa shape index (κ2) is 6.48. The summed E-state index contributed by atoms with van der Waals surface area (Å²) in [5.74, 6) is 1.37. The molecular formula is C13H22N2O. The molecule has 1 aromatic rings. The molecule has 1 aromatic heterocycles. The van der Waals surface area contributed by atoms with Crippen molar-refractivity contribution in [2.75, 3.05) is 6.54 Å². The van der Waals surface area contributed by atoms with Crippen LogP contribution in [0.3, 0.4) is 0 Å². The maximum absolute atomic E-state index is 5.48. The van der Waals surface area contributed by atoms with Gasteiger partial charge in [0.05, 0.1) is 6.10 Å². The van der Waals surface area contributed by atoms with Gasteiger partial charge < -0.3 is 10.1 Å². The van der Waals surface area contributed by atoms with E-state index in [9.17, 15) is 0 Å². The molecule has 1 N–H and O–H groups in total. The van der Waals surface area contributed by atoms with Gasteiger partial charge >= 0.3 is 0 Å². The summed E-state index contributed by atoms with van der Waals surface area (Å²) >= 11 is 0. The highest BCUT2D eigenvalue weighted by Gasteiger charge is 1.99. The minimum Gasteiger partial charge on any atom is -0.475 e. The van der Waals surface area contributed by atoms with Crippen LogP contribution in [0.25, 0.3) is 0 Å². The van der Waals surface area contributed by atoms with E-state index >= 15 is 0 Å². The maximum atomic E-state index is 5.48. The molecule has 0 unspecified atom stereocenters. The van der Waals surface area contributed by atoms with Crippen molar-refractivity contribution in [1.29, 1.82) is 0 Å². The van der Waals surface area contributed by atoms with Gasteiger partial charge in [-0.05, 0) is 31.9 Å². The Labute approximate surface area is 98.2 Å². The second-order valence-corrected chi connectivity index (χ2v) is 4.70. The van der Waals surface area contributed by atoms with Gasteiger partial charge in [-0.2, -0.15) is 0 Å². The Hall–Kier alpha value is -1.09. The monoisotopic (exact) mass is 222 g/mol. The topological polar surface area (TPSA) is 34.1 Å². The van der Waals surface area contributed by atoms with Crippen molar-refractivity contribution in [2.24, 2.45) is 5.92 Å². The number of nitrogens with one attached hydrogen (secondary N) is 1. The zero-order chi connectivity index (χ0) is 12.0. The lowest BCUT2D eigenvalue weighted by atomic mass is 10.2. The lowest BCUT2D eigenvalue weighted by Crippen LogP contribution is -2.19. The SMILES string of the molecule is CC(C)CNCc1ccc(OC(C)C)nc1. The Balaban J connectivity index is 2.39. The van der Waals surface area contributed by atoms with Crippen molar-refractivity contribution in [3.05, 3.63) is 23.9 Å². The smallest absolute Gasteiger partial charge is 0.213 e. The Morgan fingerprint density at radius 2 is 2.00 bits per heavy atom. The molecule has 16 heavy (non-hydrogen) atoms. The van der Waals surface area contributed by atoms with E-state index in [4.69, 9.17) is 4.74 Å². The van der Waals surface area contributed by atoms with E-state index in [0.29, 0.717) is 11.8 Å². The van der Waals surface area contributed by atoms with Gasteiger partial charge in [0.1, 0.15) is 0 Å². The Morgan fingerprint density at radius 1 is 1.25 bits per heavy atom. The summed E-state index contributed by atoms with van der Waals surface area (Å²) in [6.45, 7) is 10.3. The lowest BCUT2D eigenvalue weighted by molar-refractivity contribution is 0.232. The zero-order valence-electron chi connectivity index (χ0n) is 10.7. The lowest BCUT2D eigenvalue weighted by Gasteiger charge is -2.10. The van der Waals surface area contributed by atoms with E-state index in [0.717, 1.165) is 13.1 Å². The molecule has 0 fully saturated rings. The first-order valence-electron chi connectivity index (χ1n) is 5.90. The first-order chi connectivity index (χ1) is 7.58. The van der Waals surface area contributed by atoms with Crippen LogP contribution in [0.15, 0.2) is 18.3 Å². The summed E-state index contributed by atoms with van der Waals surface area (Å²) in [5.41, 5.74) is 1.19. The summed E-state index contributed by atoms with van der Waals surface area (Å²) in [6, 6.07) is 3.98. The third-order valence-electron chi connectivity index (χ3n) is 2.04. The van der Waals surface area contributed by atoms with Gasteiger partial charge in [-0.25, -0.2) is 4.98 Å². The second-order valence-electron chi connectivity index (χ2n) is 4.70. The fraction of sp³-hybridized carbons (Fsp3) is 0.615. The predicted octanol–water partition coefficient (Wildman–Crippen LogP) is 2.61. The minimum atomic E-state index is 0.178. The number of rotatable bonds is 6. The van der Waals surface area contributed by atoms with Crippen LogP contribution >= 0.6 is 0 Å². The molecule has 90 valence electrons. The molecule has 1 rings (SSSR count). The molecule has 0 spiro atoms. The van der Waals surface area contributed by atoms with Gasteiger partial charge in [0.25, 0.3) is 0 Å². The summed E-state index contributed by atoms with van der Waals surface area (Å²) < 4.78 is 5.48. The highest BCUT2D eigenvalue weighted by Crippen LogP contribution is 2.09. The van der Waals surface area contributed by atoms with E-state index in [2.05, 4.69) is 30.2 Å². The van der Waals surface area contributed by atoms with E-state index in [1.54, 1.807) is 0 Å². The van der Waals surface area contributed by atoms with E-state index in [1.165, 1.54) is 5.56 Å². The van der Waals surface area contributed by atoms with Crippen LogP contribution in [-0.2, 0) is 6.54 Å². The highest BCUT2D eigenvalue weighted by molar-refractivity contribution is 5.17. The van der Waals surface area contributed by atoms with Crippen molar-refractivity contribution in [1.82, 2.24) is 10.3 Å². The molecule has 0 radical (unpaired) electrons. The Kier molecular flexibility index (Phi) is 5.26. The molecule has 0 aliphatic carbocycles. The molecule has 0 bridgehead atoms. The molecule has 0 aliphatic heterocycles. The molecule has 0 saturated heterocycles. The number of ether oxygens (including phenoxy) is 1. The highest BCUT2D eigenvalue weighted by atomic mass is 16.5. The van der Waals surface area contributed by atoms with Gasteiger partial charge in [-0.1, -0.05) is 19.9 Å². The maximum Gasteiger partial charge on any atom is 0.213 e. The third-order valence-corrected chi connectivity index (χ3v) is 2.04. The fourth-order valence-electron chi connectivity index (χ4n) is 1.33. The molecular weight excluding hydrogens is 200 g/mol. The summed E-state index contributed by atoms with van der Waals surface area (Å²) in [6.07, 6.45) is 2.04. The normalized spacial score (nSPS) is 11.1. The molecule has 0 aromatic carbocycles. The number of pyridine rings is 1. The van der Waals surface area contributed by atoms with Gasteiger partial charge in [-0.3, -0.25) is 0 Å². The van der Waals surface area contributed by atoms with Crippen LogP contribution in [0.1, 0.15) is 33.3 Å². The van der Waals surface area contributed by atoms with Gasteiger partial charge in [-0.15, -0.1) is 0 Å². The Bertz CT molecular complexity index is 293. The van der Waals surface area contributed by atoms with Gasteiger partial charge in [0, 0.05) is 18.8 Å². The van der Waals surface area contributed by atoms with Crippen LogP contribution in [0.5, 0.6) is 5.88 Å². The van der Waals surface area contributed by atoms with E-state index in [1.807, 2.05) is 26.1 Å². The van der Waals surface area contributed by atoms with Crippen LogP contribution in [-0.4, -0.2) is 17.6 Å². The molecule has 0 atom stereocenters. The van der Waals surface area contributed by atoms with Crippen LogP contribution in [0.2, 0.25) is 0 Å². The minimum absolute atomic E-state index is 0.178. The van der Waals surface area contributed by atoms with E-state index < -0.39 is 0 Å². The molecule has 0 saturated carbocycles. The van der Waals surface area contributed by atoms with Crippen LogP contribution in [0, 0.1) is 5.92 Å². The number of aromatic nitrogens is 1. The average molecular weight is 222 g/mol. The quantitative estimate of drug-likeness (QED) is 0.803. The van der Waals surface area contributed by atoms with Crippen molar-refractivity contribution in [2.45, 2.75) is 40.3 Å². The summed E-state index contributed by atoms with van der Waals surface area (Å²) in [5, 5.41) is 3.38. The van der Waals surface area contributed by atoms with Crippen LogP contribution < -0.4 is 10.1 Å². The van der Waals surface area contributed by atoms with Gasteiger partial charge in [0.15, 0.2) is 0 Å². The van der Waals surface area contributed by atoms with Crippen molar-refractivity contribution < 1.29 is 4.74 Å². The largest absolute Gasteiger partial charge is 0.475 e. The standard InChI is InChI=1S/C13H22N2O/c1-10(2)7-14-8-12-5-6-13(15-9-12)16-11(3)4/h5-6,9-11,14H,7-8H2,1-4H3. The van der Waals surface area contributed by atoms with E-state index in [-0.39, 0.29) is 6.10 Å². The molecule has 1 heterocycles.